The summed E-state index contributed by atoms with van der Waals surface area (Å²) >= 11 is 10.0. The molecule has 4 aromatic rings. The maximum atomic E-state index is 14.1. The fourth-order valence-corrected chi connectivity index (χ4v) is 5.38. The van der Waals surface area contributed by atoms with Crippen molar-refractivity contribution in [2.45, 2.75) is 65.6 Å². The minimum absolute atomic E-state index is 0.189. The largest absolute Gasteiger partial charge is 0.444 e. The Morgan fingerprint density at radius 3 is 2.42 bits per heavy atom. The van der Waals surface area contributed by atoms with Gasteiger partial charge in [-0.2, -0.15) is 9.61 Å². The number of aryl methyl sites for hydroxylation is 1. The SMILES string of the molecule is CCC(c1cc2c(Cl)c(C)nn2c(=O)n1Cc1ccccc1)N(CCCNC(=O)OC(C)(C)C)C(=O)c1ccc(Br)cc1. The number of nitrogens with one attached hydrogen (secondary N) is 1. The van der Waals surface area contributed by atoms with E-state index in [1.807, 2.05) is 55.5 Å². The third-order valence-electron chi connectivity index (χ3n) is 6.91. The molecule has 1 atom stereocenters. The molecule has 1 N–H and O–H groups in total. The van der Waals surface area contributed by atoms with Crippen LogP contribution in [0.3, 0.4) is 0 Å². The molecule has 228 valence electrons. The Bertz CT molecular complexity index is 1650. The zero-order valence-corrected chi connectivity index (χ0v) is 27.4. The third-order valence-corrected chi connectivity index (χ3v) is 7.91. The lowest BCUT2D eigenvalue weighted by Crippen LogP contribution is -2.41. The number of aromatic nitrogens is 3. The highest BCUT2D eigenvalue weighted by molar-refractivity contribution is 9.10. The van der Waals surface area contributed by atoms with Crippen molar-refractivity contribution in [3.05, 3.63) is 103 Å². The number of amides is 2. The Labute approximate surface area is 264 Å². The van der Waals surface area contributed by atoms with Gasteiger partial charge in [0.1, 0.15) is 5.60 Å². The van der Waals surface area contributed by atoms with Gasteiger partial charge in [-0.05, 0) is 76.4 Å². The fraction of sp³-hybridized carbons (Fsp3) is 0.375. The molecule has 2 aromatic heterocycles. The molecule has 0 spiro atoms. The van der Waals surface area contributed by atoms with Gasteiger partial charge in [0.25, 0.3) is 5.91 Å². The van der Waals surface area contributed by atoms with Crippen molar-refractivity contribution in [3.63, 3.8) is 0 Å². The van der Waals surface area contributed by atoms with Crippen LogP contribution in [-0.4, -0.2) is 49.8 Å². The highest BCUT2D eigenvalue weighted by Crippen LogP contribution is 2.30. The van der Waals surface area contributed by atoms with Crippen LogP contribution < -0.4 is 11.0 Å². The number of rotatable bonds is 10. The topological polar surface area (TPSA) is 97.9 Å². The monoisotopic (exact) mass is 669 g/mol. The molecule has 0 radical (unpaired) electrons. The predicted molar refractivity (Wildman–Crippen MR) is 172 cm³/mol. The number of carbonyl (C=O) groups excluding carboxylic acids is 2. The van der Waals surface area contributed by atoms with E-state index in [9.17, 15) is 14.4 Å². The molecule has 43 heavy (non-hydrogen) atoms. The molecule has 9 nitrogen and oxygen atoms in total. The van der Waals surface area contributed by atoms with Gasteiger partial charge in [-0.1, -0.05) is 64.8 Å². The van der Waals surface area contributed by atoms with Crippen molar-refractivity contribution in [1.82, 2.24) is 24.4 Å². The van der Waals surface area contributed by atoms with Crippen LogP contribution in [0.4, 0.5) is 4.79 Å². The molecular formula is C32H37BrClN5O4. The Morgan fingerprint density at radius 1 is 1.12 bits per heavy atom. The lowest BCUT2D eigenvalue weighted by atomic mass is 10.0. The summed E-state index contributed by atoms with van der Waals surface area (Å²) in [6.45, 7) is 10.1. The van der Waals surface area contributed by atoms with Crippen LogP contribution in [0, 0.1) is 6.92 Å². The minimum atomic E-state index is -0.616. The first-order valence-electron chi connectivity index (χ1n) is 14.3. The zero-order valence-electron chi connectivity index (χ0n) is 25.1. The number of hydrogen-bond acceptors (Lipinski definition) is 5. The molecule has 2 heterocycles. The van der Waals surface area contributed by atoms with E-state index in [2.05, 4.69) is 26.3 Å². The van der Waals surface area contributed by atoms with E-state index in [-0.39, 0.29) is 11.6 Å². The summed E-state index contributed by atoms with van der Waals surface area (Å²) in [4.78, 5) is 42.0. The number of benzene rings is 2. The first-order valence-corrected chi connectivity index (χ1v) is 15.4. The standard InChI is InChI=1S/C32H37BrClN5O4/c1-6-25(26-19-27-28(34)21(2)36-39(27)31(42)38(26)20-22-11-8-7-9-12-22)37(29(40)23-13-15-24(33)16-14-23)18-10-17-35-30(41)43-32(3,4)5/h7-9,11-16,19,25H,6,10,17-18,20H2,1-5H3,(H,35,41). The van der Waals surface area contributed by atoms with Crippen molar-refractivity contribution >= 4 is 45.0 Å². The minimum Gasteiger partial charge on any atom is -0.444 e. The number of carbonyl (C=O) groups is 2. The van der Waals surface area contributed by atoms with Gasteiger partial charge in [0, 0.05) is 28.8 Å². The molecule has 4 rings (SSSR count). The molecule has 0 fully saturated rings. The van der Waals surface area contributed by atoms with E-state index in [0.29, 0.717) is 60.0 Å². The molecule has 0 aliphatic carbocycles. The maximum Gasteiger partial charge on any atom is 0.407 e. The van der Waals surface area contributed by atoms with Gasteiger partial charge in [0.05, 0.1) is 28.8 Å². The van der Waals surface area contributed by atoms with E-state index in [1.54, 1.807) is 49.3 Å². The van der Waals surface area contributed by atoms with Gasteiger partial charge in [-0.25, -0.2) is 9.59 Å². The van der Waals surface area contributed by atoms with Crippen LogP contribution in [0.15, 0.2) is 69.9 Å². The number of hydrogen-bond donors (Lipinski definition) is 1. The summed E-state index contributed by atoms with van der Waals surface area (Å²) < 4.78 is 9.20. The quantitative estimate of drug-likeness (QED) is 0.188. The van der Waals surface area contributed by atoms with Gasteiger partial charge >= 0.3 is 11.8 Å². The number of halogens is 2. The van der Waals surface area contributed by atoms with Gasteiger partial charge in [0.2, 0.25) is 0 Å². The second-order valence-electron chi connectivity index (χ2n) is 11.3. The highest BCUT2D eigenvalue weighted by atomic mass is 79.9. The van der Waals surface area contributed by atoms with Crippen molar-refractivity contribution in [2.75, 3.05) is 13.1 Å². The van der Waals surface area contributed by atoms with Crippen LogP contribution in [0.1, 0.15) is 73.9 Å². The molecule has 11 heteroatoms. The normalized spacial score (nSPS) is 12.3. The average Bonchev–Trinajstić information content (AvgIpc) is 3.25. The molecule has 0 aliphatic heterocycles. The lowest BCUT2D eigenvalue weighted by Gasteiger charge is -2.33. The van der Waals surface area contributed by atoms with Crippen molar-refractivity contribution in [1.29, 1.82) is 0 Å². The molecule has 0 saturated heterocycles. The van der Waals surface area contributed by atoms with Crippen LogP contribution >= 0.6 is 27.5 Å². The van der Waals surface area contributed by atoms with Crippen LogP contribution in [0.2, 0.25) is 5.02 Å². The van der Waals surface area contributed by atoms with Gasteiger partial charge in [-0.3, -0.25) is 9.36 Å². The number of nitrogens with zero attached hydrogens (tertiary/aromatic N) is 4. The average molecular weight is 671 g/mol. The zero-order chi connectivity index (χ0) is 31.3. The summed E-state index contributed by atoms with van der Waals surface area (Å²) in [7, 11) is 0. The number of ether oxygens (including phenoxy) is 1. The Balaban J connectivity index is 1.76. The molecule has 0 saturated carbocycles. The first-order chi connectivity index (χ1) is 20.4. The van der Waals surface area contributed by atoms with Crippen molar-refractivity contribution in [3.8, 4) is 0 Å². The van der Waals surface area contributed by atoms with Gasteiger partial charge < -0.3 is 15.0 Å². The number of alkyl carbamates (subject to hydrolysis) is 1. The second-order valence-corrected chi connectivity index (χ2v) is 12.6. The third kappa shape index (κ3) is 7.86. The number of fused-ring (bicyclic) bond motifs is 1. The smallest absolute Gasteiger partial charge is 0.407 e. The van der Waals surface area contributed by atoms with Crippen molar-refractivity contribution in [2.24, 2.45) is 0 Å². The summed E-state index contributed by atoms with van der Waals surface area (Å²) in [5.41, 5.74) is 2.18. The van der Waals surface area contributed by atoms with Gasteiger partial charge in [-0.15, -0.1) is 0 Å². The van der Waals surface area contributed by atoms with Crippen molar-refractivity contribution < 1.29 is 14.3 Å². The maximum absolute atomic E-state index is 14.1. The summed E-state index contributed by atoms with van der Waals surface area (Å²) in [5, 5.41) is 7.56. The first kappa shape index (κ1) is 32.3. The van der Waals surface area contributed by atoms with Gasteiger partial charge in [0.15, 0.2) is 0 Å². The molecular weight excluding hydrogens is 634 g/mol. The van der Waals surface area contributed by atoms with Crippen LogP contribution in [0.25, 0.3) is 5.52 Å². The fourth-order valence-electron chi connectivity index (χ4n) is 4.94. The molecule has 2 amide bonds. The van der Waals surface area contributed by atoms with E-state index in [0.717, 1.165) is 10.0 Å². The second kappa shape index (κ2) is 13.8. The van der Waals surface area contributed by atoms with E-state index < -0.39 is 17.7 Å². The Hall–Kier alpha value is -3.63. The lowest BCUT2D eigenvalue weighted by molar-refractivity contribution is 0.0523. The summed E-state index contributed by atoms with van der Waals surface area (Å²) in [5.74, 6) is -0.189. The van der Waals surface area contributed by atoms with Crippen LogP contribution in [-0.2, 0) is 11.3 Å². The molecule has 1 unspecified atom stereocenters. The Kier molecular flexibility index (Phi) is 10.3. The highest BCUT2D eigenvalue weighted by Gasteiger charge is 2.29. The van der Waals surface area contributed by atoms with E-state index >= 15 is 0 Å². The van der Waals surface area contributed by atoms with Crippen LogP contribution in [0.5, 0.6) is 0 Å². The predicted octanol–water partition coefficient (Wildman–Crippen LogP) is 6.78. The van der Waals surface area contributed by atoms with E-state index in [4.69, 9.17) is 16.3 Å². The molecule has 0 bridgehead atoms. The van der Waals surface area contributed by atoms with E-state index in [1.165, 1.54) is 4.52 Å². The Morgan fingerprint density at radius 2 is 1.79 bits per heavy atom. The molecule has 2 aromatic carbocycles. The molecule has 0 aliphatic rings. The summed E-state index contributed by atoms with van der Waals surface area (Å²) in [6.07, 6.45) is 0.477. The summed E-state index contributed by atoms with van der Waals surface area (Å²) in [6, 6.07) is 18.2.